The highest BCUT2D eigenvalue weighted by molar-refractivity contribution is 8.23. The van der Waals surface area contributed by atoms with Crippen molar-refractivity contribution >= 4 is 40.2 Å². The van der Waals surface area contributed by atoms with Crippen LogP contribution in [0.3, 0.4) is 0 Å². The molecule has 1 rings (SSSR count). The summed E-state index contributed by atoms with van der Waals surface area (Å²) < 4.78 is 0.331. The van der Waals surface area contributed by atoms with Crippen molar-refractivity contribution in [2.45, 2.75) is 96.8 Å². The molecule has 0 aromatic rings. The van der Waals surface area contributed by atoms with Crippen LogP contribution < -0.4 is 0 Å². The number of carbonyl (C=O) groups is 2. The number of carbonyl (C=O) groups excluding carboxylic acids is 2. The number of hydrogen-bond acceptors (Lipinski definition) is 5. The lowest BCUT2D eigenvalue weighted by Gasteiger charge is -2.13. The summed E-state index contributed by atoms with van der Waals surface area (Å²) in [7, 11) is 0. The fourth-order valence-corrected chi connectivity index (χ4v) is 3.85. The minimum Gasteiger partial charge on any atom is -0.332 e. The average molecular weight is 414 g/mol. The first-order valence-corrected chi connectivity index (χ1v) is 11.9. The van der Waals surface area contributed by atoms with Gasteiger partial charge in [-0.2, -0.15) is 0 Å². The van der Waals surface area contributed by atoms with Gasteiger partial charge in [0.05, 0.1) is 5.75 Å². The van der Waals surface area contributed by atoms with Crippen molar-refractivity contribution < 1.29 is 14.4 Å². The molecule has 0 atom stereocenters. The zero-order valence-corrected chi connectivity index (χ0v) is 18.4. The monoisotopic (exact) mass is 413 g/mol. The lowest BCUT2D eigenvalue weighted by atomic mass is 10.1. The first-order chi connectivity index (χ1) is 13.1. The Balaban J connectivity index is 1.86. The second-order valence-electron chi connectivity index (χ2n) is 7.04. The standard InChI is InChI=1S/C21H35NO3S2/c1-2-3-4-5-6-7-8-9-10-11-12-13-14-15-16-17-20(24)25-22-19(23)18-27-21(22)26/h9-10H,2-8,11-18H2,1H3/b10-9-. The van der Waals surface area contributed by atoms with Gasteiger partial charge in [0.25, 0.3) is 5.91 Å². The SMILES string of the molecule is CCCCCCCC/C=C\CCCCCCCC(=O)ON1C(=O)CSC1=S. The Labute approximate surface area is 174 Å². The number of allylic oxidation sites excluding steroid dienone is 2. The molecule has 0 aromatic carbocycles. The van der Waals surface area contributed by atoms with Gasteiger partial charge in [0, 0.05) is 6.42 Å². The molecule has 1 aliphatic rings. The maximum Gasteiger partial charge on any atom is 0.333 e. The van der Waals surface area contributed by atoms with Gasteiger partial charge in [0.2, 0.25) is 0 Å². The number of rotatable bonds is 16. The summed E-state index contributed by atoms with van der Waals surface area (Å²) in [5.74, 6) is -0.354. The zero-order valence-electron chi connectivity index (χ0n) is 16.7. The topological polar surface area (TPSA) is 46.6 Å². The van der Waals surface area contributed by atoms with Crippen LogP contribution in [0, 0.1) is 0 Å². The van der Waals surface area contributed by atoms with Gasteiger partial charge in [0.1, 0.15) is 0 Å². The minimum absolute atomic E-state index is 0.247. The maximum absolute atomic E-state index is 11.7. The summed E-state index contributed by atoms with van der Waals surface area (Å²) in [6.45, 7) is 2.25. The third kappa shape index (κ3) is 12.2. The first kappa shape index (κ1) is 24.2. The number of nitrogens with zero attached hydrogens (tertiary/aromatic N) is 1. The van der Waals surface area contributed by atoms with Crippen molar-refractivity contribution in [3.8, 4) is 0 Å². The van der Waals surface area contributed by atoms with Crippen molar-refractivity contribution in [2.75, 3.05) is 5.75 Å². The summed E-state index contributed by atoms with van der Waals surface area (Å²) in [5.41, 5.74) is 0. The van der Waals surface area contributed by atoms with E-state index in [0.29, 0.717) is 10.7 Å². The van der Waals surface area contributed by atoms with E-state index in [1.807, 2.05) is 0 Å². The molecule has 4 nitrogen and oxygen atoms in total. The zero-order chi connectivity index (χ0) is 19.7. The van der Waals surface area contributed by atoms with Gasteiger partial charge in [-0.3, -0.25) is 4.79 Å². The van der Waals surface area contributed by atoms with E-state index in [-0.39, 0.29) is 17.6 Å². The summed E-state index contributed by atoms with van der Waals surface area (Å²) in [6, 6.07) is 0. The first-order valence-electron chi connectivity index (χ1n) is 10.5. The largest absolute Gasteiger partial charge is 0.333 e. The summed E-state index contributed by atoms with van der Waals surface area (Å²) in [4.78, 5) is 28.2. The van der Waals surface area contributed by atoms with Crippen molar-refractivity contribution in [3.63, 3.8) is 0 Å². The molecule has 0 unspecified atom stereocenters. The summed E-state index contributed by atoms with van der Waals surface area (Å²) in [5, 5.41) is 0.958. The van der Waals surface area contributed by atoms with Gasteiger partial charge in [-0.05, 0) is 44.3 Å². The Kier molecular flexibility index (Phi) is 14.4. The molecule has 6 heteroatoms. The van der Waals surface area contributed by atoms with Gasteiger partial charge in [-0.1, -0.05) is 82.2 Å². The Hall–Kier alpha value is -0.880. The number of hydrogen-bond donors (Lipinski definition) is 0. The van der Waals surface area contributed by atoms with Gasteiger partial charge < -0.3 is 4.84 Å². The van der Waals surface area contributed by atoms with E-state index in [2.05, 4.69) is 19.1 Å². The molecule has 0 bridgehead atoms. The van der Waals surface area contributed by atoms with E-state index in [0.717, 1.165) is 30.7 Å². The van der Waals surface area contributed by atoms with E-state index in [1.54, 1.807) is 0 Å². The molecule has 1 heterocycles. The van der Waals surface area contributed by atoms with Crippen molar-refractivity contribution in [3.05, 3.63) is 12.2 Å². The van der Waals surface area contributed by atoms with Crippen molar-refractivity contribution in [1.29, 1.82) is 0 Å². The van der Waals surface area contributed by atoms with Crippen LogP contribution in [0.4, 0.5) is 0 Å². The number of thiocarbonyl (C=S) groups is 1. The summed E-state index contributed by atoms with van der Waals surface area (Å²) >= 11 is 6.20. The average Bonchev–Trinajstić information content (AvgIpc) is 2.97. The van der Waals surface area contributed by atoms with Crippen LogP contribution in [0.5, 0.6) is 0 Å². The molecular weight excluding hydrogens is 378 g/mol. The van der Waals surface area contributed by atoms with Crippen LogP contribution in [0.1, 0.15) is 96.8 Å². The van der Waals surface area contributed by atoms with Crippen LogP contribution in [-0.4, -0.2) is 27.0 Å². The number of amides is 1. The van der Waals surface area contributed by atoms with E-state index in [4.69, 9.17) is 17.1 Å². The summed E-state index contributed by atoms with van der Waals surface area (Å²) in [6.07, 6.45) is 20.9. The predicted molar refractivity (Wildman–Crippen MR) is 117 cm³/mol. The molecule has 0 saturated carbocycles. The normalized spacial score (nSPS) is 14.5. The van der Waals surface area contributed by atoms with Crippen LogP contribution >= 0.6 is 24.0 Å². The highest BCUT2D eigenvalue weighted by atomic mass is 32.2. The fraction of sp³-hybridized carbons (Fsp3) is 0.762. The second-order valence-corrected chi connectivity index (χ2v) is 8.65. The number of unbranched alkanes of at least 4 members (excludes halogenated alkanes) is 11. The third-order valence-corrected chi connectivity index (χ3v) is 5.87. The van der Waals surface area contributed by atoms with Crippen LogP contribution in [-0.2, 0) is 14.4 Å². The number of thioether (sulfide) groups is 1. The Bertz CT molecular complexity index is 464. The Morgan fingerprint density at radius 3 is 2.11 bits per heavy atom. The molecule has 1 fully saturated rings. The molecule has 1 aliphatic heterocycles. The molecule has 0 radical (unpaired) electrons. The van der Waals surface area contributed by atoms with Gasteiger partial charge in [-0.15, -0.1) is 5.06 Å². The van der Waals surface area contributed by atoms with Crippen LogP contribution in [0.15, 0.2) is 12.2 Å². The van der Waals surface area contributed by atoms with Gasteiger partial charge >= 0.3 is 5.97 Å². The van der Waals surface area contributed by atoms with Gasteiger partial charge in [-0.25, -0.2) is 4.79 Å². The predicted octanol–water partition coefficient (Wildman–Crippen LogP) is 6.34. The molecule has 1 saturated heterocycles. The smallest absolute Gasteiger partial charge is 0.332 e. The van der Waals surface area contributed by atoms with E-state index < -0.39 is 0 Å². The second kappa shape index (κ2) is 16.1. The number of hydroxylamine groups is 2. The highest BCUT2D eigenvalue weighted by Gasteiger charge is 2.30. The van der Waals surface area contributed by atoms with E-state index >= 15 is 0 Å². The minimum atomic E-state index is -0.370. The molecule has 0 aromatic heterocycles. The Morgan fingerprint density at radius 1 is 1.00 bits per heavy atom. The van der Waals surface area contributed by atoms with Crippen molar-refractivity contribution in [2.24, 2.45) is 0 Å². The van der Waals surface area contributed by atoms with Gasteiger partial charge in [0.15, 0.2) is 4.32 Å². The quantitative estimate of drug-likeness (QED) is 0.168. The molecule has 27 heavy (non-hydrogen) atoms. The molecule has 0 N–H and O–H groups in total. The van der Waals surface area contributed by atoms with Crippen LogP contribution in [0.25, 0.3) is 0 Å². The van der Waals surface area contributed by atoms with Crippen LogP contribution in [0.2, 0.25) is 0 Å². The maximum atomic E-state index is 11.7. The fourth-order valence-electron chi connectivity index (χ4n) is 2.92. The van der Waals surface area contributed by atoms with E-state index in [9.17, 15) is 9.59 Å². The Morgan fingerprint density at radius 2 is 1.56 bits per heavy atom. The van der Waals surface area contributed by atoms with E-state index in [1.165, 1.54) is 69.5 Å². The molecular formula is C21H35NO3S2. The third-order valence-electron chi connectivity index (χ3n) is 4.55. The lowest BCUT2D eigenvalue weighted by molar-refractivity contribution is -0.179. The molecule has 0 spiro atoms. The molecule has 0 aliphatic carbocycles. The molecule has 154 valence electrons. The lowest BCUT2D eigenvalue weighted by Crippen LogP contribution is -2.31. The molecule has 1 amide bonds. The highest BCUT2D eigenvalue weighted by Crippen LogP contribution is 2.20. The van der Waals surface area contributed by atoms with Crippen molar-refractivity contribution in [1.82, 2.24) is 5.06 Å².